The minimum Gasteiger partial charge on any atom is -0.370 e. The van der Waals surface area contributed by atoms with Crippen LogP contribution in [0.2, 0.25) is 5.02 Å². The van der Waals surface area contributed by atoms with Gasteiger partial charge < -0.3 is 22.1 Å². The Morgan fingerprint density at radius 1 is 1.09 bits per heavy atom. The minimum atomic E-state index is -0.563. The Labute approximate surface area is 143 Å². The van der Waals surface area contributed by atoms with E-state index >= 15 is 0 Å². The molecule has 0 saturated heterocycles. The predicted molar refractivity (Wildman–Crippen MR) is 97.9 cm³/mol. The van der Waals surface area contributed by atoms with Crippen LogP contribution in [0.5, 0.6) is 0 Å². The van der Waals surface area contributed by atoms with E-state index < -0.39 is 5.91 Å². The molecule has 2 aromatic rings. The van der Waals surface area contributed by atoms with Crippen molar-refractivity contribution in [2.75, 3.05) is 10.6 Å². The van der Waals surface area contributed by atoms with Crippen LogP contribution in [0.25, 0.3) is 0 Å². The largest absolute Gasteiger partial charge is 0.370 e. The van der Waals surface area contributed by atoms with E-state index in [1.165, 1.54) is 12.1 Å². The van der Waals surface area contributed by atoms with E-state index in [0.29, 0.717) is 15.8 Å². The van der Waals surface area contributed by atoms with E-state index in [9.17, 15) is 4.79 Å². The molecule has 0 aliphatic rings. The van der Waals surface area contributed by atoms with Crippen molar-refractivity contribution in [1.29, 1.82) is 0 Å². The van der Waals surface area contributed by atoms with Gasteiger partial charge in [0.1, 0.15) is 0 Å². The summed E-state index contributed by atoms with van der Waals surface area (Å²) >= 11 is 11.3. The first kappa shape index (κ1) is 16.7. The Morgan fingerprint density at radius 2 is 1.78 bits per heavy atom. The maximum absolute atomic E-state index is 11.8. The van der Waals surface area contributed by atoms with Crippen molar-refractivity contribution in [1.82, 2.24) is 0 Å². The SMILES string of the molecule is NC(N)=NC(=O)c1ccc(Cl)c(NC(=S)Nc2ccccc2)c1. The summed E-state index contributed by atoms with van der Waals surface area (Å²) in [5.41, 5.74) is 12.0. The zero-order chi connectivity index (χ0) is 16.8. The molecular formula is C15H14ClN5OS. The number of nitrogens with one attached hydrogen (secondary N) is 2. The molecule has 2 aromatic carbocycles. The molecule has 8 heteroatoms. The van der Waals surface area contributed by atoms with Gasteiger partial charge in [0.15, 0.2) is 11.1 Å². The highest BCUT2D eigenvalue weighted by Crippen LogP contribution is 2.24. The first-order valence-corrected chi connectivity index (χ1v) is 7.31. The highest BCUT2D eigenvalue weighted by atomic mass is 35.5. The van der Waals surface area contributed by atoms with Gasteiger partial charge >= 0.3 is 0 Å². The average Bonchev–Trinajstić information content (AvgIpc) is 2.49. The van der Waals surface area contributed by atoms with Crippen LogP contribution in [0.1, 0.15) is 10.4 Å². The fourth-order valence-electron chi connectivity index (χ4n) is 1.74. The summed E-state index contributed by atoms with van der Waals surface area (Å²) in [5.74, 6) is -0.868. The van der Waals surface area contributed by atoms with Crippen LogP contribution < -0.4 is 22.1 Å². The third-order valence-corrected chi connectivity index (χ3v) is 3.26. The van der Waals surface area contributed by atoms with Crippen LogP contribution in [-0.2, 0) is 0 Å². The summed E-state index contributed by atoms with van der Waals surface area (Å²) < 4.78 is 0. The fraction of sp³-hybridized carbons (Fsp3) is 0. The van der Waals surface area contributed by atoms with Crippen LogP contribution in [0, 0.1) is 0 Å². The number of hydrogen-bond donors (Lipinski definition) is 4. The van der Waals surface area contributed by atoms with Gasteiger partial charge in [0, 0.05) is 11.3 Å². The van der Waals surface area contributed by atoms with Gasteiger partial charge in [-0.25, -0.2) is 0 Å². The maximum atomic E-state index is 11.8. The lowest BCUT2D eigenvalue weighted by molar-refractivity contribution is 0.100. The summed E-state index contributed by atoms with van der Waals surface area (Å²) in [5, 5.41) is 6.68. The van der Waals surface area contributed by atoms with Gasteiger partial charge in [-0.1, -0.05) is 29.8 Å². The fourth-order valence-corrected chi connectivity index (χ4v) is 2.13. The zero-order valence-corrected chi connectivity index (χ0v) is 13.5. The van der Waals surface area contributed by atoms with Crippen LogP contribution in [0.3, 0.4) is 0 Å². The molecule has 2 rings (SSSR count). The summed E-state index contributed by atoms with van der Waals surface area (Å²) in [7, 11) is 0. The van der Waals surface area contributed by atoms with Crippen molar-refractivity contribution >= 4 is 52.2 Å². The van der Waals surface area contributed by atoms with Crippen molar-refractivity contribution in [3.63, 3.8) is 0 Å². The minimum absolute atomic E-state index is 0.285. The molecule has 118 valence electrons. The molecule has 0 radical (unpaired) electrons. The van der Waals surface area contributed by atoms with E-state index in [0.717, 1.165) is 5.69 Å². The molecule has 0 fully saturated rings. The van der Waals surface area contributed by atoms with Gasteiger partial charge in [-0.2, -0.15) is 4.99 Å². The van der Waals surface area contributed by atoms with E-state index in [2.05, 4.69) is 15.6 Å². The van der Waals surface area contributed by atoms with Gasteiger partial charge in [0.2, 0.25) is 0 Å². The lowest BCUT2D eigenvalue weighted by atomic mass is 10.2. The van der Waals surface area contributed by atoms with E-state index in [1.54, 1.807) is 6.07 Å². The summed E-state index contributed by atoms with van der Waals surface area (Å²) in [6, 6.07) is 14.0. The number of halogens is 1. The van der Waals surface area contributed by atoms with Crippen molar-refractivity contribution < 1.29 is 4.79 Å². The number of anilines is 2. The molecule has 0 aromatic heterocycles. The Bertz CT molecular complexity index is 760. The number of nitrogens with zero attached hydrogens (tertiary/aromatic N) is 1. The number of aliphatic imine (C=N–C) groups is 1. The Balaban J connectivity index is 2.14. The number of para-hydroxylation sites is 1. The molecule has 1 amide bonds. The quantitative estimate of drug-likeness (QED) is 0.386. The number of hydrogen-bond acceptors (Lipinski definition) is 2. The van der Waals surface area contributed by atoms with Crippen molar-refractivity contribution in [2.24, 2.45) is 16.5 Å². The molecule has 0 saturated carbocycles. The van der Waals surface area contributed by atoms with Gasteiger partial charge in [-0.15, -0.1) is 0 Å². The Kier molecular flexibility index (Phi) is 5.51. The van der Waals surface area contributed by atoms with Crippen LogP contribution in [0.15, 0.2) is 53.5 Å². The standard InChI is InChI=1S/C15H14ClN5OS/c16-11-7-6-9(13(22)21-14(17)18)8-12(11)20-15(23)19-10-4-2-1-3-5-10/h1-8H,(H2,19,20,23)(H4,17,18,21,22). The van der Waals surface area contributed by atoms with Crippen LogP contribution in [0.4, 0.5) is 11.4 Å². The molecule has 0 aliphatic carbocycles. The number of benzene rings is 2. The molecule has 0 bridgehead atoms. The third kappa shape index (κ3) is 4.94. The monoisotopic (exact) mass is 347 g/mol. The third-order valence-electron chi connectivity index (χ3n) is 2.72. The lowest BCUT2D eigenvalue weighted by Crippen LogP contribution is -2.24. The predicted octanol–water partition coefficient (Wildman–Crippen LogP) is 2.56. The van der Waals surface area contributed by atoms with E-state index in [1.807, 2.05) is 30.3 Å². The highest BCUT2D eigenvalue weighted by Gasteiger charge is 2.10. The molecular weight excluding hydrogens is 334 g/mol. The second kappa shape index (κ2) is 7.57. The highest BCUT2D eigenvalue weighted by molar-refractivity contribution is 7.80. The Morgan fingerprint density at radius 3 is 2.43 bits per heavy atom. The van der Waals surface area contributed by atoms with Crippen LogP contribution >= 0.6 is 23.8 Å². The van der Waals surface area contributed by atoms with Gasteiger partial charge in [0.05, 0.1) is 10.7 Å². The molecule has 0 heterocycles. The van der Waals surface area contributed by atoms with Crippen molar-refractivity contribution in [2.45, 2.75) is 0 Å². The Hall–Kier alpha value is -2.64. The molecule has 6 nitrogen and oxygen atoms in total. The van der Waals surface area contributed by atoms with Gasteiger partial charge in [0.25, 0.3) is 5.91 Å². The first-order valence-electron chi connectivity index (χ1n) is 6.52. The molecule has 6 N–H and O–H groups in total. The summed E-state index contributed by atoms with van der Waals surface area (Å²) in [6.07, 6.45) is 0. The zero-order valence-electron chi connectivity index (χ0n) is 11.9. The maximum Gasteiger partial charge on any atom is 0.280 e. The molecule has 0 atom stereocenters. The second-order valence-corrected chi connectivity index (χ2v) is 5.30. The van der Waals surface area contributed by atoms with E-state index in [-0.39, 0.29) is 11.5 Å². The second-order valence-electron chi connectivity index (χ2n) is 4.48. The molecule has 0 unspecified atom stereocenters. The van der Waals surface area contributed by atoms with Gasteiger partial charge in [-0.05, 0) is 42.5 Å². The normalized spacial score (nSPS) is 9.78. The van der Waals surface area contributed by atoms with Crippen molar-refractivity contribution in [3.05, 3.63) is 59.1 Å². The summed E-state index contributed by atoms with van der Waals surface area (Å²) in [6.45, 7) is 0. The van der Waals surface area contributed by atoms with Crippen LogP contribution in [-0.4, -0.2) is 17.0 Å². The van der Waals surface area contributed by atoms with E-state index in [4.69, 9.17) is 35.3 Å². The molecule has 0 aliphatic heterocycles. The number of amides is 1. The van der Waals surface area contributed by atoms with Gasteiger partial charge in [-0.3, -0.25) is 4.79 Å². The van der Waals surface area contributed by atoms with Crippen molar-refractivity contribution in [3.8, 4) is 0 Å². The summed E-state index contributed by atoms with van der Waals surface area (Å²) in [4.78, 5) is 15.3. The number of guanidine groups is 1. The number of nitrogens with two attached hydrogens (primary N) is 2. The number of rotatable bonds is 3. The topological polar surface area (TPSA) is 106 Å². The average molecular weight is 348 g/mol. The molecule has 0 spiro atoms. The first-order chi connectivity index (χ1) is 11.0. The number of thiocarbonyl (C=S) groups is 1. The number of carbonyl (C=O) groups excluding carboxylic acids is 1. The number of carbonyl (C=O) groups is 1. The smallest absolute Gasteiger partial charge is 0.280 e. The molecule has 23 heavy (non-hydrogen) atoms. The lowest BCUT2D eigenvalue weighted by Gasteiger charge is -2.12.